The Kier molecular flexibility index (Phi) is 4.55. The Balaban J connectivity index is 4.29. The SMILES string of the molecule is CC(C)(CO)CCC(C)(CO)C(=O)O. The predicted octanol–water partition coefficient (Wildman–Crippen LogP) is 0.868. The Morgan fingerprint density at radius 2 is 1.57 bits per heavy atom. The van der Waals surface area contributed by atoms with Crippen molar-refractivity contribution < 1.29 is 20.1 Å². The molecule has 0 spiro atoms. The summed E-state index contributed by atoms with van der Waals surface area (Å²) in [6.07, 6.45) is 0.944. The lowest BCUT2D eigenvalue weighted by atomic mass is 9.79. The van der Waals surface area contributed by atoms with Crippen LogP contribution in [0.4, 0.5) is 0 Å². The summed E-state index contributed by atoms with van der Waals surface area (Å²) in [5.74, 6) is -0.992. The van der Waals surface area contributed by atoms with Gasteiger partial charge < -0.3 is 15.3 Å². The van der Waals surface area contributed by atoms with E-state index in [0.717, 1.165) is 0 Å². The number of hydrogen-bond acceptors (Lipinski definition) is 3. The topological polar surface area (TPSA) is 77.8 Å². The second kappa shape index (κ2) is 4.75. The van der Waals surface area contributed by atoms with Crippen LogP contribution >= 0.6 is 0 Å². The molecule has 14 heavy (non-hydrogen) atoms. The summed E-state index contributed by atoms with van der Waals surface area (Å²) in [4.78, 5) is 10.8. The lowest BCUT2D eigenvalue weighted by Crippen LogP contribution is -2.33. The van der Waals surface area contributed by atoms with Crippen molar-refractivity contribution in [1.29, 1.82) is 0 Å². The molecule has 0 fully saturated rings. The number of rotatable bonds is 6. The number of aliphatic carboxylic acids is 1. The molecule has 4 heteroatoms. The normalized spacial score (nSPS) is 16.4. The first-order valence-corrected chi connectivity index (χ1v) is 4.72. The third kappa shape index (κ3) is 3.64. The van der Waals surface area contributed by atoms with Crippen LogP contribution in [0.3, 0.4) is 0 Å². The van der Waals surface area contributed by atoms with E-state index in [2.05, 4.69) is 0 Å². The van der Waals surface area contributed by atoms with Crippen molar-refractivity contribution in [1.82, 2.24) is 0 Å². The number of carboxylic acids is 1. The molecule has 1 atom stereocenters. The molecule has 0 aliphatic carbocycles. The molecule has 0 aromatic heterocycles. The fourth-order valence-electron chi connectivity index (χ4n) is 0.947. The zero-order valence-corrected chi connectivity index (χ0v) is 9.08. The molecule has 0 aliphatic heterocycles. The van der Waals surface area contributed by atoms with Crippen molar-refractivity contribution in [3.05, 3.63) is 0 Å². The van der Waals surface area contributed by atoms with Gasteiger partial charge in [-0.25, -0.2) is 0 Å². The Bertz CT molecular complexity index is 200. The Morgan fingerprint density at radius 3 is 1.86 bits per heavy atom. The molecule has 0 aromatic rings. The van der Waals surface area contributed by atoms with Gasteiger partial charge in [0.1, 0.15) is 0 Å². The van der Waals surface area contributed by atoms with Crippen molar-refractivity contribution in [2.24, 2.45) is 10.8 Å². The quantitative estimate of drug-likeness (QED) is 0.600. The van der Waals surface area contributed by atoms with Crippen molar-refractivity contribution in [2.45, 2.75) is 33.6 Å². The molecule has 4 nitrogen and oxygen atoms in total. The average Bonchev–Trinajstić information content (AvgIpc) is 2.14. The van der Waals surface area contributed by atoms with E-state index in [1.165, 1.54) is 6.92 Å². The zero-order valence-electron chi connectivity index (χ0n) is 9.08. The third-order valence-electron chi connectivity index (χ3n) is 2.65. The van der Waals surface area contributed by atoms with Gasteiger partial charge in [0.2, 0.25) is 0 Å². The van der Waals surface area contributed by atoms with Crippen LogP contribution in [0.1, 0.15) is 33.6 Å². The Morgan fingerprint density at radius 1 is 1.07 bits per heavy atom. The molecule has 0 bridgehead atoms. The molecular weight excluding hydrogens is 184 g/mol. The minimum Gasteiger partial charge on any atom is -0.481 e. The molecule has 1 unspecified atom stereocenters. The second-order valence-electron chi connectivity index (χ2n) is 4.85. The van der Waals surface area contributed by atoms with Crippen molar-refractivity contribution in [2.75, 3.05) is 13.2 Å². The van der Waals surface area contributed by atoms with Crippen LogP contribution in [0.25, 0.3) is 0 Å². The fourth-order valence-corrected chi connectivity index (χ4v) is 0.947. The molecule has 0 amide bonds. The minimum atomic E-state index is -1.09. The van der Waals surface area contributed by atoms with Gasteiger partial charge in [0, 0.05) is 6.61 Å². The highest BCUT2D eigenvalue weighted by atomic mass is 16.4. The smallest absolute Gasteiger partial charge is 0.311 e. The minimum absolute atomic E-state index is 0.0220. The van der Waals surface area contributed by atoms with E-state index >= 15 is 0 Å². The van der Waals surface area contributed by atoms with Crippen LogP contribution < -0.4 is 0 Å². The summed E-state index contributed by atoms with van der Waals surface area (Å²) in [6.45, 7) is 4.90. The molecule has 0 heterocycles. The highest BCUT2D eigenvalue weighted by molar-refractivity contribution is 5.74. The van der Waals surface area contributed by atoms with E-state index in [4.69, 9.17) is 15.3 Å². The van der Waals surface area contributed by atoms with Crippen LogP contribution in [-0.2, 0) is 4.79 Å². The molecule has 0 saturated heterocycles. The summed E-state index contributed by atoms with van der Waals surface area (Å²) in [5.41, 5.74) is -1.38. The molecule has 84 valence electrons. The van der Waals surface area contributed by atoms with Crippen LogP contribution in [0.15, 0.2) is 0 Å². The van der Waals surface area contributed by atoms with Gasteiger partial charge >= 0.3 is 5.97 Å². The first kappa shape index (κ1) is 13.4. The summed E-state index contributed by atoms with van der Waals surface area (Å²) in [6, 6.07) is 0. The van der Waals surface area contributed by atoms with Gasteiger partial charge in [-0.3, -0.25) is 4.79 Å². The fraction of sp³-hybridized carbons (Fsp3) is 0.900. The van der Waals surface area contributed by atoms with Gasteiger partial charge in [0.05, 0.1) is 12.0 Å². The van der Waals surface area contributed by atoms with E-state index in [1.54, 1.807) is 0 Å². The monoisotopic (exact) mass is 204 g/mol. The average molecular weight is 204 g/mol. The van der Waals surface area contributed by atoms with Gasteiger partial charge in [0.25, 0.3) is 0 Å². The maximum atomic E-state index is 10.8. The van der Waals surface area contributed by atoms with Crippen molar-refractivity contribution in [3.8, 4) is 0 Å². The predicted molar refractivity (Wildman–Crippen MR) is 52.9 cm³/mol. The highest BCUT2D eigenvalue weighted by Crippen LogP contribution is 2.30. The second-order valence-corrected chi connectivity index (χ2v) is 4.85. The van der Waals surface area contributed by atoms with Crippen LogP contribution in [0.5, 0.6) is 0 Å². The lowest BCUT2D eigenvalue weighted by Gasteiger charge is -2.28. The maximum absolute atomic E-state index is 10.8. The molecule has 0 radical (unpaired) electrons. The molecule has 0 rings (SSSR count). The lowest BCUT2D eigenvalue weighted by molar-refractivity contribution is -0.151. The van der Waals surface area contributed by atoms with E-state index in [-0.39, 0.29) is 18.6 Å². The third-order valence-corrected chi connectivity index (χ3v) is 2.65. The standard InChI is InChI=1S/C10H20O4/c1-9(2,6-11)4-5-10(3,7-12)8(13)14/h11-12H,4-7H2,1-3H3,(H,13,14). The van der Waals surface area contributed by atoms with E-state index < -0.39 is 11.4 Å². The van der Waals surface area contributed by atoms with Gasteiger partial charge in [-0.1, -0.05) is 13.8 Å². The Hall–Kier alpha value is -0.610. The van der Waals surface area contributed by atoms with Gasteiger partial charge in [-0.05, 0) is 25.2 Å². The first-order chi connectivity index (χ1) is 6.27. The molecular formula is C10H20O4. The molecule has 0 aromatic carbocycles. The molecule has 0 saturated carbocycles. The van der Waals surface area contributed by atoms with E-state index in [1.807, 2.05) is 13.8 Å². The Labute approximate surface area is 84.6 Å². The molecule has 0 aliphatic rings. The van der Waals surface area contributed by atoms with E-state index in [9.17, 15) is 4.79 Å². The number of aliphatic hydroxyl groups is 2. The molecule has 3 N–H and O–H groups in total. The summed E-state index contributed by atoms with van der Waals surface area (Å²) < 4.78 is 0. The van der Waals surface area contributed by atoms with Crippen molar-refractivity contribution in [3.63, 3.8) is 0 Å². The summed E-state index contributed by atoms with van der Waals surface area (Å²) in [7, 11) is 0. The first-order valence-electron chi connectivity index (χ1n) is 4.72. The number of carboxylic acid groups (broad SMARTS) is 1. The highest BCUT2D eigenvalue weighted by Gasteiger charge is 2.34. The van der Waals surface area contributed by atoms with Crippen LogP contribution in [0, 0.1) is 10.8 Å². The van der Waals surface area contributed by atoms with Gasteiger partial charge in [-0.2, -0.15) is 0 Å². The van der Waals surface area contributed by atoms with Crippen molar-refractivity contribution >= 4 is 5.97 Å². The van der Waals surface area contributed by atoms with Gasteiger partial charge in [0.15, 0.2) is 0 Å². The largest absolute Gasteiger partial charge is 0.481 e. The number of hydrogen-bond donors (Lipinski definition) is 3. The number of aliphatic hydroxyl groups excluding tert-OH is 2. The zero-order chi connectivity index (χ0) is 11.4. The number of carbonyl (C=O) groups is 1. The van der Waals surface area contributed by atoms with Crippen LogP contribution in [0.2, 0.25) is 0 Å². The maximum Gasteiger partial charge on any atom is 0.311 e. The summed E-state index contributed by atoms with van der Waals surface area (Å²) in [5, 5.41) is 26.9. The van der Waals surface area contributed by atoms with Gasteiger partial charge in [-0.15, -0.1) is 0 Å². The van der Waals surface area contributed by atoms with E-state index in [0.29, 0.717) is 12.8 Å². The van der Waals surface area contributed by atoms with Crippen LogP contribution in [-0.4, -0.2) is 34.5 Å². The summed E-state index contributed by atoms with van der Waals surface area (Å²) >= 11 is 0.